The molecule has 0 aliphatic rings. The van der Waals surface area contributed by atoms with Crippen molar-refractivity contribution in [3.05, 3.63) is 33.9 Å². The van der Waals surface area contributed by atoms with Crippen molar-refractivity contribution in [3.8, 4) is 5.75 Å². The third kappa shape index (κ3) is 4.02. The molecule has 0 atom stereocenters. The Labute approximate surface area is 104 Å². The summed E-state index contributed by atoms with van der Waals surface area (Å²) in [6, 6.07) is 4.69. The summed E-state index contributed by atoms with van der Waals surface area (Å²) < 4.78 is 5.18. The van der Waals surface area contributed by atoms with Gasteiger partial charge in [0.2, 0.25) is 5.91 Å². The fourth-order valence-corrected chi connectivity index (χ4v) is 1.40. The number of hydrogen-bond donors (Lipinski definition) is 2. The number of rotatable bonds is 7. The van der Waals surface area contributed by atoms with Crippen molar-refractivity contribution in [1.82, 2.24) is 5.32 Å². The van der Waals surface area contributed by atoms with E-state index in [0.29, 0.717) is 6.54 Å². The molecule has 0 radical (unpaired) electrons. The van der Waals surface area contributed by atoms with Gasteiger partial charge in [0.05, 0.1) is 18.0 Å². The largest absolute Gasteiger partial charge is 0.486 e. The van der Waals surface area contributed by atoms with Crippen LogP contribution in [0.5, 0.6) is 5.75 Å². The van der Waals surface area contributed by atoms with Crippen molar-refractivity contribution in [2.75, 3.05) is 13.7 Å². The molecule has 0 heterocycles. The number of nitro benzene ring substituents is 1. The Balaban J connectivity index is 2.83. The topological polar surface area (TPSA) is 107 Å². The lowest BCUT2D eigenvalue weighted by molar-refractivity contribution is -0.385. The van der Waals surface area contributed by atoms with E-state index < -0.39 is 10.8 Å². The summed E-state index contributed by atoms with van der Waals surface area (Å²) >= 11 is 0. The number of nitrogens with two attached hydrogens (primary N) is 1. The van der Waals surface area contributed by atoms with Crippen LogP contribution in [-0.2, 0) is 11.3 Å². The fourth-order valence-electron chi connectivity index (χ4n) is 1.40. The molecule has 1 aromatic carbocycles. The van der Waals surface area contributed by atoms with Crippen molar-refractivity contribution in [2.24, 2.45) is 5.73 Å². The third-order valence-electron chi connectivity index (χ3n) is 2.21. The van der Waals surface area contributed by atoms with E-state index in [2.05, 4.69) is 5.32 Å². The van der Waals surface area contributed by atoms with Crippen LogP contribution in [0.1, 0.15) is 12.0 Å². The van der Waals surface area contributed by atoms with Crippen LogP contribution in [-0.4, -0.2) is 24.5 Å². The number of ether oxygens (including phenoxy) is 1. The van der Waals surface area contributed by atoms with Crippen molar-refractivity contribution >= 4 is 11.6 Å². The van der Waals surface area contributed by atoms with E-state index in [0.717, 1.165) is 5.56 Å². The highest BCUT2D eigenvalue weighted by Gasteiger charge is 2.15. The summed E-state index contributed by atoms with van der Waals surface area (Å²) in [7, 11) is 1.75. The Morgan fingerprint density at radius 2 is 2.28 bits per heavy atom. The first-order chi connectivity index (χ1) is 8.54. The molecule has 0 aromatic heterocycles. The van der Waals surface area contributed by atoms with Gasteiger partial charge < -0.3 is 15.8 Å². The van der Waals surface area contributed by atoms with Gasteiger partial charge in [-0.05, 0) is 18.7 Å². The van der Waals surface area contributed by atoms with Gasteiger partial charge in [0.15, 0.2) is 5.75 Å². The van der Waals surface area contributed by atoms with E-state index in [1.54, 1.807) is 13.1 Å². The molecular weight excluding hydrogens is 238 g/mol. The van der Waals surface area contributed by atoms with Gasteiger partial charge >= 0.3 is 5.69 Å². The second kappa shape index (κ2) is 6.55. The normalized spacial score (nSPS) is 10.1. The predicted octanol–water partition coefficient (Wildman–Crippen LogP) is 0.568. The Hall–Kier alpha value is -2.15. The van der Waals surface area contributed by atoms with Gasteiger partial charge in [0.1, 0.15) is 0 Å². The van der Waals surface area contributed by atoms with Crippen molar-refractivity contribution in [2.45, 2.75) is 13.0 Å². The van der Waals surface area contributed by atoms with Crippen LogP contribution < -0.4 is 15.8 Å². The lowest BCUT2D eigenvalue weighted by atomic mass is 10.2. The number of carbonyl (C=O) groups is 1. The first kappa shape index (κ1) is 13.9. The van der Waals surface area contributed by atoms with E-state index in [4.69, 9.17) is 10.5 Å². The molecule has 18 heavy (non-hydrogen) atoms. The molecule has 7 nitrogen and oxygen atoms in total. The number of primary amides is 1. The number of benzene rings is 1. The highest BCUT2D eigenvalue weighted by Crippen LogP contribution is 2.28. The maximum atomic E-state index is 10.9. The Kier molecular flexibility index (Phi) is 5.06. The van der Waals surface area contributed by atoms with Gasteiger partial charge in [-0.1, -0.05) is 6.07 Å². The SMILES string of the molecule is CNCc1ccc(OCCC(N)=O)c([N+](=O)[O-])c1. The van der Waals surface area contributed by atoms with Crippen molar-refractivity contribution in [1.29, 1.82) is 0 Å². The second-order valence-corrected chi connectivity index (χ2v) is 3.65. The van der Waals surface area contributed by atoms with Gasteiger partial charge in [0.25, 0.3) is 0 Å². The van der Waals surface area contributed by atoms with Crippen LogP contribution in [0.25, 0.3) is 0 Å². The number of nitrogens with zero attached hydrogens (tertiary/aromatic N) is 1. The molecule has 1 rings (SSSR count). The van der Waals surface area contributed by atoms with E-state index in [9.17, 15) is 14.9 Å². The maximum absolute atomic E-state index is 10.9. The molecule has 0 saturated heterocycles. The number of amides is 1. The van der Waals surface area contributed by atoms with Crippen LogP contribution in [0.15, 0.2) is 18.2 Å². The zero-order valence-corrected chi connectivity index (χ0v) is 10.0. The van der Waals surface area contributed by atoms with E-state index in [-0.39, 0.29) is 24.5 Å². The van der Waals surface area contributed by atoms with Crippen molar-refractivity contribution < 1.29 is 14.5 Å². The molecule has 7 heteroatoms. The monoisotopic (exact) mass is 253 g/mol. The van der Waals surface area contributed by atoms with Crippen LogP contribution in [0.4, 0.5) is 5.69 Å². The van der Waals surface area contributed by atoms with Crippen molar-refractivity contribution in [3.63, 3.8) is 0 Å². The number of nitro groups is 1. The Morgan fingerprint density at radius 3 is 2.83 bits per heavy atom. The number of hydrogen-bond acceptors (Lipinski definition) is 5. The number of carbonyl (C=O) groups excluding carboxylic acids is 1. The highest BCUT2D eigenvalue weighted by atomic mass is 16.6. The lowest BCUT2D eigenvalue weighted by Crippen LogP contribution is -2.15. The zero-order valence-electron chi connectivity index (χ0n) is 10.0. The van der Waals surface area contributed by atoms with Crippen LogP contribution in [0.3, 0.4) is 0 Å². The van der Waals surface area contributed by atoms with E-state index in [1.807, 2.05) is 0 Å². The lowest BCUT2D eigenvalue weighted by Gasteiger charge is -2.07. The highest BCUT2D eigenvalue weighted by molar-refractivity contribution is 5.73. The quantitative estimate of drug-likeness (QED) is 0.545. The minimum absolute atomic E-state index is 0.0232. The van der Waals surface area contributed by atoms with Gasteiger partial charge in [-0.3, -0.25) is 14.9 Å². The molecular formula is C11H15N3O4. The van der Waals surface area contributed by atoms with Crippen LogP contribution >= 0.6 is 0 Å². The summed E-state index contributed by atoms with van der Waals surface area (Å²) in [5.41, 5.74) is 5.62. The first-order valence-corrected chi connectivity index (χ1v) is 5.37. The molecule has 98 valence electrons. The second-order valence-electron chi connectivity index (χ2n) is 3.65. The molecule has 0 aliphatic heterocycles. The molecule has 0 unspecified atom stereocenters. The maximum Gasteiger partial charge on any atom is 0.311 e. The average Bonchev–Trinajstić information content (AvgIpc) is 2.30. The van der Waals surface area contributed by atoms with Gasteiger partial charge in [-0.2, -0.15) is 0 Å². The smallest absolute Gasteiger partial charge is 0.311 e. The third-order valence-corrected chi connectivity index (χ3v) is 2.21. The van der Waals surface area contributed by atoms with Crippen LogP contribution in [0, 0.1) is 10.1 Å². The van der Waals surface area contributed by atoms with Crippen LogP contribution in [0.2, 0.25) is 0 Å². The molecule has 0 bridgehead atoms. The molecule has 3 N–H and O–H groups in total. The molecule has 0 saturated carbocycles. The molecule has 0 fully saturated rings. The Morgan fingerprint density at radius 1 is 1.56 bits per heavy atom. The average molecular weight is 253 g/mol. The standard InChI is InChI=1S/C11H15N3O4/c1-13-7-8-2-3-10(9(6-8)14(16)17)18-5-4-11(12)15/h2-3,6,13H,4-5,7H2,1H3,(H2,12,15). The van der Waals surface area contributed by atoms with E-state index >= 15 is 0 Å². The number of nitrogens with one attached hydrogen (secondary N) is 1. The van der Waals surface area contributed by atoms with Gasteiger partial charge in [-0.15, -0.1) is 0 Å². The minimum Gasteiger partial charge on any atom is -0.486 e. The van der Waals surface area contributed by atoms with Gasteiger partial charge in [0, 0.05) is 12.6 Å². The first-order valence-electron chi connectivity index (χ1n) is 5.37. The fraction of sp³-hybridized carbons (Fsp3) is 0.364. The molecule has 1 aromatic rings. The summed E-state index contributed by atoms with van der Waals surface area (Å²) in [4.78, 5) is 20.9. The summed E-state index contributed by atoms with van der Waals surface area (Å²) in [5.74, 6) is -0.370. The molecule has 0 aliphatic carbocycles. The summed E-state index contributed by atoms with van der Waals surface area (Å²) in [5, 5.41) is 13.8. The Bertz CT molecular complexity index is 448. The minimum atomic E-state index is -0.515. The predicted molar refractivity (Wildman–Crippen MR) is 65.2 cm³/mol. The molecule has 1 amide bonds. The van der Waals surface area contributed by atoms with E-state index in [1.165, 1.54) is 12.1 Å². The molecule has 0 spiro atoms. The summed E-state index contributed by atoms with van der Waals surface area (Å²) in [6.07, 6.45) is 0.0232. The zero-order chi connectivity index (χ0) is 13.5. The van der Waals surface area contributed by atoms with Gasteiger partial charge in [-0.25, -0.2) is 0 Å². The summed E-state index contributed by atoms with van der Waals surface area (Å²) in [6.45, 7) is 0.559.